The highest BCUT2D eigenvalue weighted by molar-refractivity contribution is 7.86. The van der Waals surface area contributed by atoms with Gasteiger partial charge in [-0.3, -0.25) is 49.3 Å². The van der Waals surface area contributed by atoms with Crippen LogP contribution in [0, 0.1) is 42.2 Å². The zero-order valence-corrected chi connectivity index (χ0v) is 16.1. The molecule has 1 aromatic carbocycles. The van der Waals surface area contributed by atoms with Crippen LogP contribution in [-0.4, -0.2) is 45.1 Å². The fourth-order valence-corrected chi connectivity index (χ4v) is 4.13. The van der Waals surface area contributed by atoms with Crippen molar-refractivity contribution in [2.45, 2.75) is 30.6 Å². The molecule has 0 bridgehead atoms. The molecule has 2 atom stereocenters. The molecule has 3 rings (SSSR count). The van der Waals surface area contributed by atoms with E-state index in [9.17, 15) is 53.1 Å². The van der Waals surface area contributed by atoms with E-state index in [0.29, 0.717) is 12.1 Å². The molecule has 0 heterocycles. The van der Waals surface area contributed by atoms with Crippen molar-refractivity contribution >= 4 is 44.5 Å². The van der Waals surface area contributed by atoms with Crippen molar-refractivity contribution in [3.63, 3.8) is 0 Å². The van der Waals surface area contributed by atoms with Crippen molar-refractivity contribution in [3.05, 3.63) is 42.5 Å². The normalized spacial score (nSPS) is 20.5. The lowest BCUT2D eigenvalue weighted by molar-refractivity contribution is -0.442. The van der Waals surface area contributed by atoms with E-state index < -0.39 is 64.2 Å². The minimum absolute atomic E-state index is 0.251. The maximum Gasteiger partial charge on any atom is 0.423 e. The zero-order chi connectivity index (χ0) is 23.7. The van der Waals surface area contributed by atoms with Gasteiger partial charge in [-0.2, -0.15) is 8.42 Å². The van der Waals surface area contributed by atoms with Crippen LogP contribution in [-0.2, 0) is 24.5 Å². The summed E-state index contributed by atoms with van der Waals surface area (Å²) in [4.78, 5) is 59.6. The van der Waals surface area contributed by atoms with E-state index in [1.54, 1.807) is 0 Å². The number of nitro benzene ring substituents is 3. The highest BCUT2D eigenvalue weighted by atomic mass is 32.2. The van der Waals surface area contributed by atoms with Gasteiger partial charge in [-0.1, -0.05) is 12.8 Å². The Bertz CT molecular complexity index is 1100. The van der Waals surface area contributed by atoms with Gasteiger partial charge in [-0.25, -0.2) is 0 Å². The monoisotopic (exact) mass is 459 g/mol. The Morgan fingerprint density at radius 2 is 1.26 bits per heavy atom. The van der Waals surface area contributed by atoms with Crippen molar-refractivity contribution in [1.82, 2.24) is 0 Å². The van der Waals surface area contributed by atoms with E-state index >= 15 is 0 Å². The third-order valence-corrected chi connectivity index (χ3v) is 5.70. The molecule has 166 valence electrons. The number of nitrogens with zero attached hydrogens (tertiary/aromatic N) is 3. The zero-order valence-electron chi connectivity index (χ0n) is 15.3. The molecule has 2 fully saturated rings. The molecule has 31 heavy (non-hydrogen) atoms. The summed E-state index contributed by atoms with van der Waals surface area (Å²) in [5, 5.41) is 31.9. The van der Waals surface area contributed by atoms with Gasteiger partial charge < -0.3 is 0 Å². The van der Waals surface area contributed by atoms with Crippen LogP contribution in [0.15, 0.2) is 17.0 Å². The van der Waals surface area contributed by atoms with Gasteiger partial charge in [-0.15, -0.1) is 0 Å². The Kier molecular flexibility index (Phi) is 6.55. The van der Waals surface area contributed by atoms with Gasteiger partial charge in [0.25, 0.3) is 5.78 Å². The summed E-state index contributed by atoms with van der Waals surface area (Å²) in [7, 11) is -5.15. The van der Waals surface area contributed by atoms with Crippen LogP contribution < -0.4 is 0 Å². The van der Waals surface area contributed by atoms with E-state index in [0.717, 1.165) is 25.7 Å². The average molecular weight is 459 g/mol. The van der Waals surface area contributed by atoms with Crippen molar-refractivity contribution in [3.8, 4) is 0 Å². The number of rotatable bonds is 4. The molecule has 15 nitrogen and oxygen atoms in total. The summed E-state index contributed by atoms with van der Waals surface area (Å²) in [5.41, 5.74) is -4.55. The molecule has 0 aromatic heterocycles. The number of fused-ring (bicyclic) bond motifs is 1. The number of carbonyl (C=O) groups excluding carboxylic acids is 3. The molecule has 0 radical (unpaired) electrons. The Morgan fingerprint density at radius 3 is 1.61 bits per heavy atom. The molecule has 1 N–H and O–H groups in total. The summed E-state index contributed by atoms with van der Waals surface area (Å²) >= 11 is 0. The number of carbonyl (C=O) groups is 3. The van der Waals surface area contributed by atoms with Crippen molar-refractivity contribution in [2.24, 2.45) is 11.8 Å². The fraction of sp³-hybridized carbons (Fsp3) is 0.400. The largest absolute Gasteiger partial charge is 0.423 e. The summed E-state index contributed by atoms with van der Waals surface area (Å²) in [6, 6.07) is 0.729. The molecule has 2 saturated carbocycles. The second-order valence-electron chi connectivity index (χ2n) is 6.58. The van der Waals surface area contributed by atoms with E-state index in [-0.39, 0.29) is 11.8 Å². The minimum Gasteiger partial charge on any atom is -0.290 e. The van der Waals surface area contributed by atoms with Gasteiger partial charge in [0.1, 0.15) is 0 Å². The lowest BCUT2D eigenvalue weighted by atomic mass is 9.81. The number of benzene rings is 1. The smallest absolute Gasteiger partial charge is 0.290 e. The Labute approximate surface area is 172 Å². The van der Waals surface area contributed by atoms with Gasteiger partial charge in [0.15, 0.2) is 4.90 Å². The molecule has 0 saturated heterocycles. The van der Waals surface area contributed by atoms with E-state index in [1.807, 2.05) is 0 Å². The summed E-state index contributed by atoms with van der Waals surface area (Å²) < 4.78 is 30.5. The van der Waals surface area contributed by atoms with E-state index in [2.05, 4.69) is 0 Å². The van der Waals surface area contributed by atoms with Crippen LogP contribution in [0.2, 0.25) is 0 Å². The molecule has 1 aromatic rings. The highest BCUT2D eigenvalue weighted by Gasteiger charge is 2.49. The van der Waals surface area contributed by atoms with Gasteiger partial charge in [-0.05, 0) is 18.9 Å². The first-order valence-electron chi connectivity index (χ1n) is 8.49. The predicted molar refractivity (Wildman–Crippen MR) is 96.7 cm³/mol. The first-order chi connectivity index (χ1) is 14.3. The van der Waals surface area contributed by atoms with Crippen LogP contribution in [0.5, 0.6) is 0 Å². The molecule has 0 spiro atoms. The molecule has 0 amide bonds. The molecular weight excluding hydrogens is 446 g/mol. The minimum atomic E-state index is -5.15. The second kappa shape index (κ2) is 8.60. The topological polar surface area (TPSA) is 235 Å². The molecule has 0 aliphatic heterocycles. The lowest BCUT2D eigenvalue weighted by Crippen LogP contribution is -2.21. The van der Waals surface area contributed by atoms with Crippen LogP contribution in [0.3, 0.4) is 0 Å². The third kappa shape index (κ3) is 4.58. The Hall–Kier alpha value is -3.66. The maximum atomic E-state index is 11.2. The highest BCUT2D eigenvalue weighted by Crippen LogP contribution is 2.40. The summed E-state index contributed by atoms with van der Waals surface area (Å²) in [6.07, 6.45) is 3.43. The summed E-state index contributed by atoms with van der Waals surface area (Å²) in [6.45, 7) is 0. The average Bonchev–Trinajstić information content (AvgIpc) is 2.91. The van der Waals surface area contributed by atoms with E-state index in [1.165, 1.54) is 0 Å². The summed E-state index contributed by atoms with van der Waals surface area (Å²) in [5.74, 6) is -2.10. The molecule has 16 heteroatoms. The van der Waals surface area contributed by atoms with Crippen molar-refractivity contribution < 1.29 is 42.1 Å². The molecule has 2 aliphatic rings. The number of Topliss-reactive ketones (excluding diaryl/α,β-unsaturated/α-hetero) is 3. The first-order valence-corrected chi connectivity index (χ1v) is 9.93. The molecular formula is C15H13N3O12S. The number of hydrogen-bond donors (Lipinski definition) is 1. The SMILES string of the molecule is O=C1C(=O)C2CCCCC2C1=O.O=[N+]([O-])c1ccc(S(=O)(=O)O)c([N+](=O)[O-])c1[N+](=O)[O-]. The molecule has 2 unspecified atom stereocenters. The predicted octanol–water partition coefficient (Wildman–Crippen LogP) is 1.17. The van der Waals surface area contributed by atoms with Crippen molar-refractivity contribution in [1.29, 1.82) is 0 Å². The van der Waals surface area contributed by atoms with Crippen LogP contribution in [0.1, 0.15) is 25.7 Å². The van der Waals surface area contributed by atoms with E-state index in [4.69, 9.17) is 4.55 Å². The Morgan fingerprint density at radius 1 is 0.806 bits per heavy atom. The van der Waals surface area contributed by atoms with Crippen LogP contribution in [0.4, 0.5) is 17.1 Å². The maximum absolute atomic E-state index is 11.2. The number of nitro groups is 3. The lowest BCUT2D eigenvalue weighted by Gasteiger charge is -2.20. The quantitative estimate of drug-likeness (QED) is 0.289. The van der Waals surface area contributed by atoms with Gasteiger partial charge in [0.05, 0.1) is 14.8 Å². The second-order valence-corrected chi connectivity index (χ2v) is 7.97. The van der Waals surface area contributed by atoms with Gasteiger partial charge in [0, 0.05) is 17.9 Å². The standard InChI is InChI=1S/C9H10O3.C6H3N3O9S/c10-7-5-3-1-2-4-6(5)8(11)9(7)12;10-7(11)3-1-2-4(19(16,17)18)6(9(14)15)5(3)8(12)13/h5-6H,1-4H2;1-2H,(H,16,17,18). The van der Waals surface area contributed by atoms with Crippen LogP contribution in [0.25, 0.3) is 0 Å². The Balaban J connectivity index is 0.000000242. The van der Waals surface area contributed by atoms with Gasteiger partial charge >= 0.3 is 27.2 Å². The first kappa shape index (κ1) is 23.6. The van der Waals surface area contributed by atoms with Crippen molar-refractivity contribution in [2.75, 3.05) is 0 Å². The fourth-order valence-electron chi connectivity index (χ4n) is 3.48. The van der Waals surface area contributed by atoms with Gasteiger partial charge in [0.2, 0.25) is 11.6 Å². The number of hydrogen-bond acceptors (Lipinski definition) is 11. The van der Waals surface area contributed by atoms with Crippen LogP contribution >= 0.6 is 0 Å². The number of ketones is 3. The molecule has 2 aliphatic carbocycles. The third-order valence-electron chi connectivity index (χ3n) is 4.82.